The Morgan fingerprint density at radius 1 is 0.289 bits per heavy atom. The Labute approximate surface area is 594 Å². The van der Waals surface area contributed by atoms with E-state index < -0.39 is 97.5 Å². The summed E-state index contributed by atoms with van der Waals surface area (Å²) in [5.74, 6) is -1.26. The standard InChI is InChI=1S/C78H152O17P2/c1-6-10-13-16-19-22-25-27-28-29-33-38-42-47-52-57-62-76(81)89-68-74(95-78(83)64-59-54-49-44-39-34-31-30-32-36-40-45-50-55-60-71(5)9-4)70-93-97(86,87)91-66-72(79)65-90-96(84,85)92-69-73(67-88-75(80)61-56-51-46-41-35-24-21-18-15-12-8-3)94-77(82)63-58-53-48-43-37-26-23-20-17-14-11-7-2/h71-74,79H,6-70H2,1-5H3,(H,84,85)(H,86,87)/t71?,72-,73+,74+/m0/s1. The smallest absolute Gasteiger partial charge is 0.462 e. The third-order valence-corrected chi connectivity index (χ3v) is 20.5. The van der Waals surface area contributed by atoms with E-state index in [2.05, 4.69) is 34.6 Å². The molecule has 0 bridgehead atoms. The fourth-order valence-corrected chi connectivity index (χ4v) is 13.6. The predicted octanol–water partition coefficient (Wildman–Crippen LogP) is 23.3. The number of esters is 4. The van der Waals surface area contributed by atoms with Gasteiger partial charge in [-0.05, 0) is 31.6 Å². The lowest BCUT2D eigenvalue weighted by Crippen LogP contribution is -2.30. The molecular formula is C78H152O17P2. The molecule has 0 aliphatic carbocycles. The molecule has 3 unspecified atom stereocenters. The molecule has 0 spiro atoms. The molecule has 0 amide bonds. The minimum Gasteiger partial charge on any atom is -0.462 e. The molecular weight excluding hydrogens is 1270 g/mol. The normalized spacial score (nSPS) is 14.2. The van der Waals surface area contributed by atoms with E-state index in [1.165, 1.54) is 238 Å². The van der Waals surface area contributed by atoms with Crippen LogP contribution in [0.2, 0.25) is 0 Å². The molecule has 97 heavy (non-hydrogen) atoms. The summed E-state index contributed by atoms with van der Waals surface area (Å²) < 4.78 is 68.6. The summed E-state index contributed by atoms with van der Waals surface area (Å²) in [6.45, 7) is 7.36. The molecule has 0 saturated carbocycles. The molecule has 3 N–H and O–H groups in total. The van der Waals surface area contributed by atoms with Crippen molar-refractivity contribution in [1.82, 2.24) is 0 Å². The zero-order valence-electron chi connectivity index (χ0n) is 63.2. The van der Waals surface area contributed by atoms with Gasteiger partial charge in [-0.2, -0.15) is 0 Å². The Morgan fingerprint density at radius 3 is 0.732 bits per heavy atom. The number of carbonyl (C=O) groups is 4. The van der Waals surface area contributed by atoms with Crippen LogP contribution in [-0.4, -0.2) is 96.7 Å². The molecule has 0 saturated heterocycles. The van der Waals surface area contributed by atoms with Gasteiger partial charge >= 0.3 is 39.5 Å². The van der Waals surface area contributed by atoms with Crippen LogP contribution in [0.3, 0.4) is 0 Å². The van der Waals surface area contributed by atoms with Gasteiger partial charge in [-0.3, -0.25) is 37.3 Å². The van der Waals surface area contributed by atoms with Crippen LogP contribution in [0.5, 0.6) is 0 Å². The molecule has 0 heterocycles. The van der Waals surface area contributed by atoms with Gasteiger partial charge in [-0.1, -0.05) is 362 Å². The van der Waals surface area contributed by atoms with E-state index in [9.17, 15) is 43.2 Å². The lowest BCUT2D eigenvalue weighted by Gasteiger charge is -2.21. The van der Waals surface area contributed by atoms with Gasteiger partial charge in [0.15, 0.2) is 12.2 Å². The molecule has 576 valence electrons. The molecule has 0 fully saturated rings. The second kappa shape index (κ2) is 71.1. The molecule has 0 aliphatic rings. The zero-order chi connectivity index (χ0) is 71.2. The topological polar surface area (TPSA) is 237 Å². The SMILES string of the molecule is CCCCCCCCCCCCCCCCCCC(=O)OC[C@H](COP(=O)(O)OC[C@@H](O)COP(=O)(O)OC[C@@H](COC(=O)CCCCCCCCCCCCC)OC(=O)CCCCCCCCCCCCCC)OC(=O)CCCCCCCCCCCCCCCCC(C)CC. The van der Waals surface area contributed by atoms with Gasteiger partial charge in [0, 0.05) is 25.7 Å². The number of aliphatic hydroxyl groups excluding tert-OH is 1. The molecule has 0 aromatic rings. The van der Waals surface area contributed by atoms with Crippen molar-refractivity contribution in [3.05, 3.63) is 0 Å². The first-order valence-electron chi connectivity index (χ1n) is 40.7. The number of rotatable bonds is 78. The lowest BCUT2D eigenvalue weighted by atomic mass is 9.99. The van der Waals surface area contributed by atoms with Gasteiger partial charge in [0.25, 0.3) is 0 Å². The van der Waals surface area contributed by atoms with Crippen LogP contribution >= 0.6 is 15.6 Å². The summed E-state index contributed by atoms with van der Waals surface area (Å²) in [7, 11) is -9.91. The highest BCUT2D eigenvalue weighted by Crippen LogP contribution is 2.45. The van der Waals surface area contributed by atoms with Crippen LogP contribution in [0, 0.1) is 5.92 Å². The van der Waals surface area contributed by atoms with Gasteiger partial charge in [-0.25, -0.2) is 9.13 Å². The minimum atomic E-state index is -4.96. The monoisotopic (exact) mass is 1420 g/mol. The van der Waals surface area contributed by atoms with E-state index in [1.54, 1.807) is 0 Å². The van der Waals surface area contributed by atoms with Gasteiger partial charge in [0.1, 0.15) is 19.3 Å². The number of unbranched alkanes of at least 4 members (excludes halogenated alkanes) is 49. The van der Waals surface area contributed by atoms with E-state index in [0.717, 1.165) is 95.8 Å². The Hall–Kier alpha value is -1.94. The summed E-state index contributed by atoms with van der Waals surface area (Å²) >= 11 is 0. The van der Waals surface area contributed by atoms with Crippen LogP contribution in [-0.2, 0) is 65.4 Å². The second-order valence-electron chi connectivity index (χ2n) is 28.3. The van der Waals surface area contributed by atoms with Crippen molar-refractivity contribution < 1.29 is 80.2 Å². The van der Waals surface area contributed by atoms with Crippen LogP contribution in [0.1, 0.15) is 413 Å². The Bertz CT molecular complexity index is 1860. The van der Waals surface area contributed by atoms with Gasteiger partial charge in [0.05, 0.1) is 26.4 Å². The number of hydrogen-bond donors (Lipinski definition) is 3. The van der Waals surface area contributed by atoms with E-state index in [1.807, 2.05) is 0 Å². The van der Waals surface area contributed by atoms with E-state index in [0.29, 0.717) is 25.7 Å². The van der Waals surface area contributed by atoms with E-state index in [4.69, 9.17) is 37.0 Å². The maximum atomic E-state index is 13.1. The van der Waals surface area contributed by atoms with Crippen molar-refractivity contribution in [2.45, 2.75) is 432 Å². The quantitative estimate of drug-likeness (QED) is 0.0222. The summed E-state index contributed by atoms with van der Waals surface area (Å²) in [6.07, 6.45) is 60.8. The van der Waals surface area contributed by atoms with Crippen LogP contribution in [0.15, 0.2) is 0 Å². The predicted molar refractivity (Wildman–Crippen MR) is 395 cm³/mol. The molecule has 19 heteroatoms. The van der Waals surface area contributed by atoms with Crippen molar-refractivity contribution in [1.29, 1.82) is 0 Å². The van der Waals surface area contributed by atoms with Crippen molar-refractivity contribution in [2.24, 2.45) is 5.92 Å². The summed E-state index contributed by atoms with van der Waals surface area (Å²) in [5, 5.41) is 10.6. The first-order valence-corrected chi connectivity index (χ1v) is 43.7. The van der Waals surface area contributed by atoms with E-state index >= 15 is 0 Å². The van der Waals surface area contributed by atoms with Crippen LogP contribution < -0.4 is 0 Å². The van der Waals surface area contributed by atoms with Gasteiger partial charge in [0.2, 0.25) is 0 Å². The van der Waals surface area contributed by atoms with Crippen molar-refractivity contribution in [2.75, 3.05) is 39.6 Å². The first kappa shape index (κ1) is 95.1. The van der Waals surface area contributed by atoms with Crippen LogP contribution in [0.25, 0.3) is 0 Å². The molecule has 0 aromatic carbocycles. The molecule has 0 aromatic heterocycles. The number of ether oxygens (including phenoxy) is 4. The zero-order valence-corrected chi connectivity index (χ0v) is 65.0. The largest absolute Gasteiger partial charge is 0.472 e. The maximum Gasteiger partial charge on any atom is 0.472 e. The molecule has 0 radical (unpaired) electrons. The first-order chi connectivity index (χ1) is 47.1. The lowest BCUT2D eigenvalue weighted by molar-refractivity contribution is -0.161. The van der Waals surface area contributed by atoms with Crippen molar-refractivity contribution >= 4 is 39.5 Å². The highest BCUT2D eigenvalue weighted by Gasteiger charge is 2.30. The van der Waals surface area contributed by atoms with Gasteiger partial charge in [-0.15, -0.1) is 0 Å². The third kappa shape index (κ3) is 70.9. The fourth-order valence-electron chi connectivity index (χ4n) is 12.0. The van der Waals surface area contributed by atoms with Crippen molar-refractivity contribution in [3.63, 3.8) is 0 Å². The maximum absolute atomic E-state index is 13.1. The average molecular weight is 1420 g/mol. The average Bonchev–Trinajstić information content (AvgIpc) is 1.31. The number of carbonyl (C=O) groups excluding carboxylic acids is 4. The summed E-state index contributed by atoms with van der Waals surface area (Å²) in [4.78, 5) is 72.9. The minimum absolute atomic E-state index is 0.108. The van der Waals surface area contributed by atoms with E-state index in [-0.39, 0.29) is 25.7 Å². The number of aliphatic hydroxyl groups is 1. The fraction of sp³-hybridized carbons (Fsp3) is 0.949. The molecule has 6 atom stereocenters. The Kier molecular flexibility index (Phi) is 69.6. The molecule has 0 rings (SSSR count). The van der Waals surface area contributed by atoms with Crippen LogP contribution in [0.4, 0.5) is 0 Å². The highest BCUT2D eigenvalue weighted by molar-refractivity contribution is 7.47. The third-order valence-electron chi connectivity index (χ3n) is 18.6. The summed E-state index contributed by atoms with van der Waals surface area (Å²) in [5.41, 5.74) is 0. The number of phosphoric ester groups is 2. The highest BCUT2D eigenvalue weighted by atomic mass is 31.2. The number of hydrogen-bond acceptors (Lipinski definition) is 15. The number of phosphoric acid groups is 2. The Morgan fingerprint density at radius 2 is 0.495 bits per heavy atom. The Balaban J connectivity index is 5.24. The summed E-state index contributed by atoms with van der Waals surface area (Å²) in [6, 6.07) is 0. The second-order valence-corrected chi connectivity index (χ2v) is 31.3. The molecule has 0 aliphatic heterocycles. The molecule has 17 nitrogen and oxygen atoms in total. The van der Waals surface area contributed by atoms with Gasteiger partial charge < -0.3 is 33.8 Å². The van der Waals surface area contributed by atoms with Crippen molar-refractivity contribution in [3.8, 4) is 0 Å².